The largest absolute Gasteiger partial charge is 0.385 e. The van der Waals surface area contributed by atoms with Gasteiger partial charge in [-0.25, -0.2) is 19.9 Å². The Labute approximate surface area is 148 Å². The molecule has 25 heavy (non-hydrogen) atoms. The van der Waals surface area contributed by atoms with Crippen LogP contribution in [0.2, 0.25) is 0 Å². The van der Waals surface area contributed by atoms with Gasteiger partial charge in [0.1, 0.15) is 11.9 Å². The van der Waals surface area contributed by atoms with Gasteiger partial charge in [0.25, 0.3) is 0 Å². The van der Waals surface area contributed by atoms with Gasteiger partial charge in [0, 0.05) is 42.8 Å². The van der Waals surface area contributed by atoms with E-state index in [0.717, 1.165) is 36.2 Å². The van der Waals surface area contributed by atoms with Gasteiger partial charge >= 0.3 is 0 Å². The van der Waals surface area contributed by atoms with E-state index in [2.05, 4.69) is 43.6 Å². The third-order valence-electron chi connectivity index (χ3n) is 4.48. The molecule has 1 aliphatic rings. The zero-order valence-electron chi connectivity index (χ0n) is 15.5. The van der Waals surface area contributed by atoms with Gasteiger partial charge in [-0.3, -0.25) is 0 Å². The lowest BCUT2D eigenvalue weighted by molar-refractivity contribution is 0.189. The molecule has 3 unspecified atom stereocenters. The second-order valence-corrected chi connectivity index (χ2v) is 6.91. The van der Waals surface area contributed by atoms with E-state index in [1.165, 1.54) is 0 Å². The third kappa shape index (κ3) is 3.71. The Morgan fingerprint density at radius 3 is 2.24 bits per heavy atom. The first kappa shape index (κ1) is 17.5. The van der Waals surface area contributed by atoms with Gasteiger partial charge in [0.05, 0.1) is 0 Å². The van der Waals surface area contributed by atoms with E-state index in [4.69, 9.17) is 0 Å². The smallest absolute Gasteiger partial charge is 0.226 e. The summed E-state index contributed by atoms with van der Waals surface area (Å²) in [5, 5.41) is 9.72. The molecule has 2 aromatic heterocycles. The van der Waals surface area contributed by atoms with Gasteiger partial charge in [0.15, 0.2) is 5.82 Å². The third-order valence-corrected chi connectivity index (χ3v) is 4.48. The Hall–Kier alpha value is -2.28. The van der Waals surface area contributed by atoms with E-state index >= 15 is 0 Å². The first-order chi connectivity index (χ1) is 11.8. The van der Waals surface area contributed by atoms with E-state index < -0.39 is 6.10 Å². The standard InChI is InChI=1S/C18H26N6O/c1-11-8-12(2)21-18(20-11)24-13(3)9-23(10-14(24)4)16-6-7-19-17(22-16)15(5)25/h6-8,13-15,25H,9-10H2,1-5H3. The summed E-state index contributed by atoms with van der Waals surface area (Å²) in [6.07, 6.45) is 1.04. The molecule has 0 spiro atoms. The zero-order valence-corrected chi connectivity index (χ0v) is 15.5. The van der Waals surface area contributed by atoms with Gasteiger partial charge in [0.2, 0.25) is 5.95 Å². The van der Waals surface area contributed by atoms with Crippen molar-refractivity contribution in [1.29, 1.82) is 0 Å². The maximum Gasteiger partial charge on any atom is 0.226 e. The van der Waals surface area contributed by atoms with Crippen LogP contribution in [0.4, 0.5) is 11.8 Å². The molecular formula is C18H26N6O. The van der Waals surface area contributed by atoms with E-state index in [-0.39, 0.29) is 12.1 Å². The number of hydrogen-bond donors (Lipinski definition) is 1. The fraction of sp³-hybridized carbons (Fsp3) is 0.556. The summed E-state index contributed by atoms with van der Waals surface area (Å²) in [5.41, 5.74) is 1.98. The molecular weight excluding hydrogens is 316 g/mol. The Kier molecular flexibility index (Phi) is 4.85. The number of aliphatic hydroxyl groups is 1. The van der Waals surface area contributed by atoms with Crippen LogP contribution in [-0.4, -0.2) is 50.2 Å². The van der Waals surface area contributed by atoms with E-state index in [9.17, 15) is 5.11 Å². The van der Waals surface area contributed by atoms with Crippen LogP contribution in [0.1, 0.15) is 44.1 Å². The fourth-order valence-electron chi connectivity index (χ4n) is 3.47. The van der Waals surface area contributed by atoms with E-state index in [1.807, 2.05) is 26.0 Å². The Bertz CT molecular complexity index is 718. The number of nitrogens with zero attached hydrogens (tertiary/aromatic N) is 6. The number of aliphatic hydroxyl groups excluding tert-OH is 1. The summed E-state index contributed by atoms with van der Waals surface area (Å²) in [6.45, 7) is 11.7. The van der Waals surface area contributed by atoms with E-state index in [1.54, 1.807) is 13.1 Å². The van der Waals surface area contributed by atoms with Crippen molar-refractivity contribution in [2.24, 2.45) is 0 Å². The molecule has 0 aliphatic carbocycles. The van der Waals surface area contributed by atoms with Crippen molar-refractivity contribution in [3.8, 4) is 0 Å². The molecule has 0 amide bonds. The van der Waals surface area contributed by atoms with Crippen LogP contribution in [-0.2, 0) is 0 Å². The number of hydrogen-bond acceptors (Lipinski definition) is 7. The molecule has 0 aromatic carbocycles. The fourth-order valence-corrected chi connectivity index (χ4v) is 3.47. The number of piperazine rings is 1. The van der Waals surface area contributed by atoms with Crippen LogP contribution < -0.4 is 9.80 Å². The normalized spacial score (nSPS) is 22.2. The topological polar surface area (TPSA) is 78.3 Å². The molecule has 134 valence electrons. The van der Waals surface area contributed by atoms with Crippen molar-refractivity contribution in [2.75, 3.05) is 22.9 Å². The monoisotopic (exact) mass is 342 g/mol. The molecule has 3 atom stereocenters. The summed E-state index contributed by atoms with van der Waals surface area (Å²) in [6, 6.07) is 4.38. The van der Waals surface area contributed by atoms with Gasteiger partial charge in [-0.05, 0) is 46.8 Å². The second-order valence-electron chi connectivity index (χ2n) is 6.91. The molecule has 3 heterocycles. The van der Waals surface area contributed by atoms with Gasteiger partial charge in [-0.2, -0.15) is 0 Å². The number of anilines is 2. The van der Waals surface area contributed by atoms with Crippen LogP contribution in [0.5, 0.6) is 0 Å². The minimum atomic E-state index is -0.667. The minimum absolute atomic E-state index is 0.245. The molecule has 1 N–H and O–H groups in total. The second kappa shape index (κ2) is 6.92. The van der Waals surface area contributed by atoms with Crippen molar-refractivity contribution in [3.05, 3.63) is 35.5 Å². The molecule has 7 heteroatoms. The van der Waals surface area contributed by atoms with Crippen molar-refractivity contribution in [3.63, 3.8) is 0 Å². The summed E-state index contributed by atoms with van der Waals surface area (Å²) >= 11 is 0. The average molecular weight is 342 g/mol. The van der Waals surface area contributed by atoms with E-state index in [0.29, 0.717) is 5.82 Å². The highest BCUT2D eigenvalue weighted by Gasteiger charge is 2.32. The van der Waals surface area contributed by atoms with Crippen LogP contribution in [0, 0.1) is 13.8 Å². The SMILES string of the molecule is Cc1cc(C)nc(N2C(C)CN(c3ccnc(C(C)O)n3)CC2C)n1. The quantitative estimate of drug-likeness (QED) is 0.914. The van der Waals surface area contributed by atoms with Crippen molar-refractivity contribution >= 4 is 11.8 Å². The highest BCUT2D eigenvalue weighted by molar-refractivity contribution is 5.45. The molecule has 1 fully saturated rings. The lowest BCUT2D eigenvalue weighted by atomic mass is 10.1. The molecule has 1 aliphatic heterocycles. The number of rotatable bonds is 3. The molecule has 0 radical (unpaired) electrons. The van der Waals surface area contributed by atoms with Crippen molar-refractivity contribution in [1.82, 2.24) is 19.9 Å². The predicted molar refractivity (Wildman–Crippen MR) is 97.8 cm³/mol. The molecule has 2 aromatic rings. The van der Waals surface area contributed by atoms with Gasteiger partial charge in [-0.15, -0.1) is 0 Å². The lowest BCUT2D eigenvalue weighted by Crippen LogP contribution is -2.58. The highest BCUT2D eigenvalue weighted by atomic mass is 16.3. The number of aromatic nitrogens is 4. The average Bonchev–Trinajstić information content (AvgIpc) is 2.53. The first-order valence-electron chi connectivity index (χ1n) is 8.71. The summed E-state index contributed by atoms with van der Waals surface area (Å²) in [7, 11) is 0. The Morgan fingerprint density at radius 1 is 1.08 bits per heavy atom. The van der Waals surface area contributed by atoms with Crippen molar-refractivity contribution in [2.45, 2.75) is 52.8 Å². The zero-order chi connectivity index (χ0) is 18.1. The molecule has 0 saturated carbocycles. The number of aryl methyl sites for hydroxylation is 2. The van der Waals surface area contributed by atoms with Crippen LogP contribution in [0.25, 0.3) is 0 Å². The van der Waals surface area contributed by atoms with Crippen molar-refractivity contribution < 1.29 is 5.11 Å². The Morgan fingerprint density at radius 2 is 1.68 bits per heavy atom. The maximum atomic E-state index is 9.72. The highest BCUT2D eigenvalue weighted by Crippen LogP contribution is 2.25. The van der Waals surface area contributed by atoms with Crippen LogP contribution in [0.15, 0.2) is 18.3 Å². The first-order valence-corrected chi connectivity index (χ1v) is 8.71. The summed E-state index contributed by atoms with van der Waals surface area (Å²) in [5.74, 6) is 2.10. The van der Waals surface area contributed by atoms with Crippen LogP contribution >= 0.6 is 0 Å². The van der Waals surface area contributed by atoms with Crippen LogP contribution in [0.3, 0.4) is 0 Å². The summed E-state index contributed by atoms with van der Waals surface area (Å²) in [4.78, 5) is 22.4. The lowest BCUT2D eigenvalue weighted by Gasteiger charge is -2.45. The Balaban J connectivity index is 1.83. The maximum absolute atomic E-state index is 9.72. The molecule has 7 nitrogen and oxygen atoms in total. The van der Waals surface area contributed by atoms with Gasteiger partial charge in [-0.1, -0.05) is 0 Å². The van der Waals surface area contributed by atoms with Gasteiger partial charge < -0.3 is 14.9 Å². The molecule has 3 rings (SSSR count). The summed E-state index contributed by atoms with van der Waals surface area (Å²) < 4.78 is 0. The predicted octanol–water partition coefficient (Wildman–Crippen LogP) is 2.04. The molecule has 1 saturated heterocycles. The minimum Gasteiger partial charge on any atom is -0.385 e. The molecule has 0 bridgehead atoms.